The zero-order chi connectivity index (χ0) is 17.6. The lowest BCUT2D eigenvalue weighted by molar-refractivity contribution is 0.0911. The maximum Gasteiger partial charge on any atom is 0.287 e. The maximum atomic E-state index is 13.0. The summed E-state index contributed by atoms with van der Waals surface area (Å²) in [6.07, 6.45) is 1.75. The lowest BCUT2D eigenvalue weighted by Crippen LogP contribution is -2.32. The molecule has 0 unspecified atom stereocenters. The number of aryl methyl sites for hydroxylation is 1. The SMILES string of the molecule is C[C@H](CCc1ccccc1)NC(=O)c1ccc(-c2ccc(F)cc2)o1. The van der Waals surface area contributed by atoms with Gasteiger partial charge in [-0.15, -0.1) is 0 Å². The van der Waals surface area contributed by atoms with E-state index in [0.29, 0.717) is 5.76 Å². The molecule has 0 aliphatic heterocycles. The van der Waals surface area contributed by atoms with E-state index in [0.717, 1.165) is 18.4 Å². The van der Waals surface area contributed by atoms with Gasteiger partial charge in [-0.3, -0.25) is 4.79 Å². The van der Waals surface area contributed by atoms with Gasteiger partial charge in [0.1, 0.15) is 11.6 Å². The molecular formula is C21H20FNO2. The van der Waals surface area contributed by atoms with Crippen LogP contribution >= 0.6 is 0 Å². The van der Waals surface area contributed by atoms with Gasteiger partial charge in [-0.2, -0.15) is 0 Å². The second-order valence-corrected chi connectivity index (χ2v) is 6.07. The van der Waals surface area contributed by atoms with Gasteiger partial charge in [-0.1, -0.05) is 30.3 Å². The summed E-state index contributed by atoms with van der Waals surface area (Å²) in [6, 6.07) is 19.5. The molecule has 25 heavy (non-hydrogen) atoms. The second kappa shape index (κ2) is 7.79. The summed E-state index contributed by atoms with van der Waals surface area (Å²) in [5, 5.41) is 2.95. The van der Waals surface area contributed by atoms with Crippen LogP contribution in [0, 0.1) is 5.82 Å². The second-order valence-electron chi connectivity index (χ2n) is 6.07. The number of hydrogen-bond donors (Lipinski definition) is 1. The number of hydrogen-bond acceptors (Lipinski definition) is 2. The number of furan rings is 1. The zero-order valence-electron chi connectivity index (χ0n) is 14.0. The minimum Gasteiger partial charge on any atom is -0.451 e. The summed E-state index contributed by atoms with van der Waals surface area (Å²) in [6.45, 7) is 1.98. The quantitative estimate of drug-likeness (QED) is 0.699. The Morgan fingerprint density at radius 2 is 1.76 bits per heavy atom. The minimum atomic E-state index is -0.305. The summed E-state index contributed by atoms with van der Waals surface area (Å²) in [7, 11) is 0. The van der Waals surface area contributed by atoms with Crippen LogP contribution in [0.3, 0.4) is 0 Å². The number of nitrogens with one attached hydrogen (secondary N) is 1. The number of benzene rings is 2. The molecule has 1 heterocycles. The van der Waals surface area contributed by atoms with Crippen LogP contribution in [0.2, 0.25) is 0 Å². The average molecular weight is 337 g/mol. The molecule has 0 saturated heterocycles. The molecule has 0 aliphatic carbocycles. The largest absolute Gasteiger partial charge is 0.451 e. The molecule has 0 aliphatic rings. The molecule has 4 heteroatoms. The first-order valence-corrected chi connectivity index (χ1v) is 8.32. The fraction of sp³-hybridized carbons (Fsp3) is 0.190. The van der Waals surface area contributed by atoms with E-state index < -0.39 is 0 Å². The van der Waals surface area contributed by atoms with Gasteiger partial charge in [0.05, 0.1) is 0 Å². The molecule has 3 rings (SSSR count). The van der Waals surface area contributed by atoms with E-state index >= 15 is 0 Å². The first-order valence-electron chi connectivity index (χ1n) is 8.32. The van der Waals surface area contributed by atoms with E-state index in [-0.39, 0.29) is 23.5 Å². The van der Waals surface area contributed by atoms with Crippen molar-refractivity contribution in [3.8, 4) is 11.3 Å². The van der Waals surface area contributed by atoms with Crippen LogP contribution in [0.1, 0.15) is 29.5 Å². The predicted molar refractivity (Wildman–Crippen MR) is 95.8 cm³/mol. The van der Waals surface area contributed by atoms with E-state index in [9.17, 15) is 9.18 Å². The van der Waals surface area contributed by atoms with E-state index in [1.807, 2.05) is 25.1 Å². The third-order valence-corrected chi connectivity index (χ3v) is 4.04. The molecule has 0 fully saturated rings. The summed E-state index contributed by atoms with van der Waals surface area (Å²) < 4.78 is 18.6. The summed E-state index contributed by atoms with van der Waals surface area (Å²) in [4.78, 5) is 12.3. The Balaban J connectivity index is 1.57. The highest BCUT2D eigenvalue weighted by atomic mass is 19.1. The normalized spacial score (nSPS) is 11.9. The van der Waals surface area contributed by atoms with Crippen LogP contribution in [0.25, 0.3) is 11.3 Å². The number of rotatable bonds is 6. The fourth-order valence-corrected chi connectivity index (χ4v) is 2.62. The van der Waals surface area contributed by atoms with E-state index in [1.54, 1.807) is 24.3 Å². The highest BCUT2D eigenvalue weighted by Gasteiger charge is 2.14. The lowest BCUT2D eigenvalue weighted by Gasteiger charge is -2.12. The third kappa shape index (κ3) is 4.57. The Morgan fingerprint density at radius 1 is 1.04 bits per heavy atom. The van der Waals surface area contributed by atoms with Crippen molar-refractivity contribution in [3.05, 3.63) is 83.9 Å². The van der Waals surface area contributed by atoms with Crippen molar-refractivity contribution in [2.24, 2.45) is 0 Å². The number of carbonyl (C=O) groups is 1. The molecule has 3 nitrogen and oxygen atoms in total. The molecule has 128 valence electrons. The molecule has 3 aromatic rings. The van der Waals surface area contributed by atoms with Crippen LogP contribution in [-0.4, -0.2) is 11.9 Å². The Labute approximate surface area is 146 Å². The third-order valence-electron chi connectivity index (χ3n) is 4.04. The van der Waals surface area contributed by atoms with E-state index in [2.05, 4.69) is 17.4 Å². The van der Waals surface area contributed by atoms with Crippen molar-refractivity contribution in [2.75, 3.05) is 0 Å². The molecule has 2 aromatic carbocycles. The Bertz CT molecular complexity index is 825. The summed E-state index contributed by atoms with van der Waals surface area (Å²) in [5.74, 6) is 0.252. The molecule has 1 aromatic heterocycles. The molecule has 0 spiro atoms. The van der Waals surface area contributed by atoms with Crippen LogP contribution < -0.4 is 5.32 Å². The van der Waals surface area contributed by atoms with Gasteiger partial charge in [0.15, 0.2) is 5.76 Å². The molecular weight excluding hydrogens is 317 g/mol. The molecule has 0 radical (unpaired) electrons. The summed E-state index contributed by atoms with van der Waals surface area (Å²) >= 11 is 0. The first-order chi connectivity index (χ1) is 12.1. The van der Waals surface area contributed by atoms with Crippen LogP contribution in [0.5, 0.6) is 0 Å². The van der Waals surface area contributed by atoms with Gasteiger partial charge in [0, 0.05) is 11.6 Å². The molecule has 0 saturated carbocycles. The smallest absolute Gasteiger partial charge is 0.287 e. The predicted octanol–water partition coefficient (Wildman–Crippen LogP) is 4.84. The topological polar surface area (TPSA) is 42.2 Å². The monoisotopic (exact) mass is 337 g/mol. The fourth-order valence-electron chi connectivity index (χ4n) is 2.62. The van der Waals surface area contributed by atoms with Gasteiger partial charge in [-0.25, -0.2) is 4.39 Å². The van der Waals surface area contributed by atoms with Gasteiger partial charge in [0.25, 0.3) is 5.91 Å². The van der Waals surface area contributed by atoms with Gasteiger partial charge >= 0.3 is 0 Å². The zero-order valence-corrected chi connectivity index (χ0v) is 14.0. The minimum absolute atomic E-state index is 0.0343. The molecule has 0 bridgehead atoms. The van der Waals surface area contributed by atoms with Crippen LogP contribution in [0.4, 0.5) is 4.39 Å². The van der Waals surface area contributed by atoms with E-state index in [1.165, 1.54) is 17.7 Å². The number of halogens is 1. The standard InChI is InChI=1S/C21H20FNO2/c1-15(7-8-16-5-3-2-4-6-16)23-21(24)20-14-13-19(25-20)17-9-11-18(22)12-10-17/h2-6,9-15H,7-8H2,1H3,(H,23,24)/t15-/m1/s1. The van der Waals surface area contributed by atoms with Crippen molar-refractivity contribution >= 4 is 5.91 Å². The highest BCUT2D eigenvalue weighted by molar-refractivity contribution is 5.92. The van der Waals surface area contributed by atoms with Gasteiger partial charge in [0.2, 0.25) is 0 Å². The van der Waals surface area contributed by atoms with Crippen molar-refractivity contribution in [2.45, 2.75) is 25.8 Å². The Morgan fingerprint density at radius 3 is 2.48 bits per heavy atom. The lowest BCUT2D eigenvalue weighted by atomic mass is 10.1. The summed E-state index contributed by atoms with van der Waals surface area (Å²) in [5.41, 5.74) is 1.98. The van der Waals surface area contributed by atoms with Crippen molar-refractivity contribution in [3.63, 3.8) is 0 Å². The van der Waals surface area contributed by atoms with Crippen LogP contribution in [-0.2, 0) is 6.42 Å². The van der Waals surface area contributed by atoms with Gasteiger partial charge in [-0.05, 0) is 61.7 Å². The Kier molecular flexibility index (Phi) is 5.29. The van der Waals surface area contributed by atoms with Crippen molar-refractivity contribution < 1.29 is 13.6 Å². The van der Waals surface area contributed by atoms with Crippen LogP contribution in [0.15, 0.2) is 71.1 Å². The molecule has 1 amide bonds. The Hall–Kier alpha value is -2.88. The average Bonchev–Trinajstić information content (AvgIpc) is 3.12. The first kappa shape index (κ1) is 17.0. The number of amides is 1. The maximum absolute atomic E-state index is 13.0. The number of carbonyl (C=O) groups excluding carboxylic acids is 1. The molecule has 1 N–H and O–H groups in total. The van der Waals surface area contributed by atoms with Gasteiger partial charge < -0.3 is 9.73 Å². The molecule has 1 atom stereocenters. The van der Waals surface area contributed by atoms with E-state index in [4.69, 9.17) is 4.42 Å². The highest BCUT2D eigenvalue weighted by Crippen LogP contribution is 2.22. The van der Waals surface area contributed by atoms with Crippen molar-refractivity contribution in [1.29, 1.82) is 0 Å². The van der Waals surface area contributed by atoms with Crippen molar-refractivity contribution in [1.82, 2.24) is 5.32 Å².